The van der Waals surface area contributed by atoms with Gasteiger partial charge in [0.05, 0.1) is 6.61 Å². The second-order valence-corrected chi connectivity index (χ2v) is 4.27. The molecule has 0 aliphatic heterocycles. The van der Waals surface area contributed by atoms with Gasteiger partial charge >= 0.3 is 5.97 Å². The van der Waals surface area contributed by atoms with Crippen LogP contribution in [-0.4, -0.2) is 46.9 Å². The standard InChI is InChI=1S/C12H19N3O5/c1-3-4-9-14-11(20-15-9)6-5-10(16)13-8(7-19-2)12(17)18/h8H,3-7H2,1-2H3,(H,13,16)(H,17,18). The molecular weight excluding hydrogens is 266 g/mol. The third-order valence-corrected chi connectivity index (χ3v) is 2.52. The number of nitrogens with zero attached hydrogens (tertiary/aromatic N) is 2. The van der Waals surface area contributed by atoms with Crippen molar-refractivity contribution < 1.29 is 24.0 Å². The van der Waals surface area contributed by atoms with Crippen LogP contribution in [0.5, 0.6) is 0 Å². The van der Waals surface area contributed by atoms with E-state index in [1.165, 1.54) is 7.11 Å². The van der Waals surface area contributed by atoms with Gasteiger partial charge in [-0.1, -0.05) is 12.1 Å². The first kappa shape index (κ1) is 16.1. The van der Waals surface area contributed by atoms with Gasteiger partial charge in [-0.05, 0) is 6.42 Å². The molecule has 0 aromatic carbocycles. The van der Waals surface area contributed by atoms with Crippen LogP contribution in [-0.2, 0) is 27.2 Å². The lowest BCUT2D eigenvalue weighted by Crippen LogP contribution is -2.43. The van der Waals surface area contributed by atoms with Crippen molar-refractivity contribution in [2.24, 2.45) is 0 Å². The largest absolute Gasteiger partial charge is 0.480 e. The molecule has 0 bridgehead atoms. The van der Waals surface area contributed by atoms with Crippen molar-refractivity contribution in [3.05, 3.63) is 11.7 Å². The minimum atomic E-state index is -1.14. The zero-order chi connectivity index (χ0) is 15.0. The van der Waals surface area contributed by atoms with E-state index in [2.05, 4.69) is 15.5 Å². The Labute approximate surface area is 116 Å². The number of carbonyl (C=O) groups is 2. The molecule has 0 saturated carbocycles. The molecule has 0 aliphatic carbocycles. The van der Waals surface area contributed by atoms with Crippen LogP contribution in [0, 0.1) is 0 Å². The Balaban J connectivity index is 2.39. The predicted molar refractivity (Wildman–Crippen MR) is 68.1 cm³/mol. The van der Waals surface area contributed by atoms with Crippen LogP contribution in [0.4, 0.5) is 0 Å². The SMILES string of the molecule is CCCc1noc(CCC(=O)NC(COC)C(=O)O)n1. The van der Waals surface area contributed by atoms with Gasteiger partial charge in [0, 0.05) is 26.4 Å². The molecule has 0 fully saturated rings. The van der Waals surface area contributed by atoms with Crippen LogP contribution in [0.2, 0.25) is 0 Å². The molecule has 1 unspecified atom stereocenters. The summed E-state index contributed by atoms with van der Waals surface area (Å²) in [7, 11) is 1.37. The number of carbonyl (C=O) groups excluding carboxylic acids is 1. The first-order valence-corrected chi connectivity index (χ1v) is 6.39. The molecule has 0 saturated heterocycles. The van der Waals surface area contributed by atoms with Crippen molar-refractivity contribution in [2.75, 3.05) is 13.7 Å². The summed E-state index contributed by atoms with van der Waals surface area (Å²) in [5, 5.41) is 15.0. The van der Waals surface area contributed by atoms with E-state index in [4.69, 9.17) is 14.4 Å². The van der Waals surface area contributed by atoms with Crippen LogP contribution in [0.3, 0.4) is 0 Å². The summed E-state index contributed by atoms with van der Waals surface area (Å²) in [6.07, 6.45) is 2.00. The zero-order valence-electron chi connectivity index (χ0n) is 11.6. The Morgan fingerprint density at radius 3 is 2.80 bits per heavy atom. The topological polar surface area (TPSA) is 115 Å². The van der Waals surface area contributed by atoms with E-state index < -0.39 is 17.9 Å². The van der Waals surface area contributed by atoms with Crippen molar-refractivity contribution in [3.63, 3.8) is 0 Å². The van der Waals surface area contributed by atoms with Crippen LogP contribution >= 0.6 is 0 Å². The van der Waals surface area contributed by atoms with Crippen molar-refractivity contribution in [3.8, 4) is 0 Å². The first-order chi connectivity index (χ1) is 9.56. The number of rotatable bonds is 9. The smallest absolute Gasteiger partial charge is 0.328 e. The second kappa shape index (κ2) is 8.26. The number of aromatic nitrogens is 2. The van der Waals surface area contributed by atoms with Gasteiger partial charge < -0.3 is 19.7 Å². The van der Waals surface area contributed by atoms with E-state index in [0.29, 0.717) is 11.7 Å². The number of amides is 1. The number of hydrogen-bond donors (Lipinski definition) is 2. The number of hydrogen-bond acceptors (Lipinski definition) is 6. The highest BCUT2D eigenvalue weighted by Crippen LogP contribution is 2.03. The van der Waals surface area contributed by atoms with Crippen molar-refractivity contribution in [1.82, 2.24) is 15.5 Å². The summed E-state index contributed by atoms with van der Waals surface area (Å²) >= 11 is 0. The van der Waals surface area contributed by atoms with Crippen molar-refractivity contribution >= 4 is 11.9 Å². The zero-order valence-corrected chi connectivity index (χ0v) is 11.6. The van der Waals surface area contributed by atoms with Crippen LogP contribution in [0.1, 0.15) is 31.5 Å². The van der Waals surface area contributed by atoms with Gasteiger partial charge in [-0.3, -0.25) is 4.79 Å². The number of aliphatic carboxylic acids is 1. The molecule has 0 spiro atoms. The number of nitrogens with one attached hydrogen (secondary N) is 1. The first-order valence-electron chi connectivity index (χ1n) is 6.39. The molecule has 20 heavy (non-hydrogen) atoms. The minimum absolute atomic E-state index is 0.0811. The van der Waals surface area contributed by atoms with Gasteiger partial charge in [0.15, 0.2) is 11.9 Å². The van der Waals surface area contributed by atoms with Gasteiger partial charge in [0.25, 0.3) is 0 Å². The molecule has 112 valence electrons. The average molecular weight is 285 g/mol. The molecule has 0 aliphatic rings. The highest BCUT2D eigenvalue weighted by molar-refractivity contribution is 5.83. The Kier molecular flexibility index (Phi) is 6.65. The highest BCUT2D eigenvalue weighted by Gasteiger charge is 2.19. The van der Waals surface area contributed by atoms with E-state index in [1.807, 2.05) is 6.92 Å². The lowest BCUT2D eigenvalue weighted by molar-refractivity contribution is -0.143. The lowest BCUT2D eigenvalue weighted by atomic mass is 10.2. The molecule has 0 radical (unpaired) electrons. The molecule has 8 heteroatoms. The third kappa shape index (κ3) is 5.35. The van der Waals surface area contributed by atoms with Gasteiger partial charge in [-0.15, -0.1) is 0 Å². The van der Waals surface area contributed by atoms with E-state index in [1.54, 1.807) is 0 Å². The van der Waals surface area contributed by atoms with E-state index >= 15 is 0 Å². The lowest BCUT2D eigenvalue weighted by Gasteiger charge is -2.12. The van der Waals surface area contributed by atoms with Crippen molar-refractivity contribution in [2.45, 2.75) is 38.6 Å². The summed E-state index contributed by atoms with van der Waals surface area (Å²) in [6.45, 7) is 1.92. The molecule has 1 aromatic rings. The summed E-state index contributed by atoms with van der Waals surface area (Å²) in [4.78, 5) is 26.6. The monoisotopic (exact) mass is 285 g/mol. The molecule has 1 rings (SSSR count). The van der Waals surface area contributed by atoms with Crippen LogP contribution in [0.25, 0.3) is 0 Å². The summed E-state index contributed by atoms with van der Waals surface area (Å²) in [5.41, 5.74) is 0. The molecular formula is C12H19N3O5. The van der Waals surface area contributed by atoms with Gasteiger partial charge in [0.2, 0.25) is 11.8 Å². The van der Waals surface area contributed by atoms with E-state index in [0.717, 1.165) is 12.8 Å². The van der Waals surface area contributed by atoms with Gasteiger partial charge in [-0.2, -0.15) is 4.98 Å². The Hall–Kier alpha value is -1.96. The maximum Gasteiger partial charge on any atom is 0.328 e. The number of aryl methyl sites for hydroxylation is 2. The van der Waals surface area contributed by atoms with Gasteiger partial charge in [-0.25, -0.2) is 4.79 Å². The number of carboxylic acids is 1. The highest BCUT2D eigenvalue weighted by atomic mass is 16.5. The quantitative estimate of drug-likeness (QED) is 0.664. The maximum atomic E-state index is 11.6. The fourth-order valence-corrected chi connectivity index (χ4v) is 1.55. The Morgan fingerprint density at radius 1 is 1.45 bits per heavy atom. The number of carboxylic acid groups (broad SMARTS) is 1. The number of ether oxygens (including phenoxy) is 1. The predicted octanol–water partition coefficient (Wildman–Crippen LogP) is 0.171. The Morgan fingerprint density at radius 2 is 2.20 bits per heavy atom. The molecule has 1 aromatic heterocycles. The van der Waals surface area contributed by atoms with E-state index in [9.17, 15) is 9.59 Å². The fourth-order valence-electron chi connectivity index (χ4n) is 1.55. The Bertz CT molecular complexity index is 446. The molecule has 8 nitrogen and oxygen atoms in total. The summed E-state index contributed by atoms with van der Waals surface area (Å²) in [5.74, 6) is -0.541. The van der Waals surface area contributed by atoms with Crippen molar-refractivity contribution in [1.29, 1.82) is 0 Å². The molecule has 2 N–H and O–H groups in total. The van der Waals surface area contributed by atoms with E-state index in [-0.39, 0.29) is 19.4 Å². The normalized spacial score (nSPS) is 12.1. The average Bonchev–Trinajstić information content (AvgIpc) is 2.84. The summed E-state index contributed by atoms with van der Waals surface area (Å²) in [6, 6.07) is -1.05. The van der Waals surface area contributed by atoms with Crippen LogP contribution in [0.15, 0.2) is 4.52 Å². The maximum absolute atomic E-state index is 11.6. The third-order valence-electron chi connectivity index (χ3n) is 2.52. The fraction of sp³-hybridized carbons (Fsp3) is 0.667. The molecule has 1 atom stereocenters. The number of methoxy groups -OCH3 is 1. The van der Waals surface area contributed by atoms with Gasteiger partial charge in [0.1, 0.15) is 0 Å². The minimum Gasteiger partial charge on any atom is -0.480 e. The second-order valence-electron chi connectivity index (χ2n) is 4.27. The molecule has 1 amide bonds. The summed E-state index contributed by atoms with van der Waals surface area (Å²) < 4.78 is 9.71. The van der Waals surface area contributed by atoms with Crippen LogP contribution < -0.4 is 5.32 Å². The molecule has 1 heterocycles.